The summed E-state index contributed by atoms with van der Waals surface area (Å²) in [6, 6.07) is 9.39. The van der Waals surface area contributed by atoms with E-state index in [1.807, 2.05) is 6.07 Å². The van der Waals surface area contributed by atoms with Crippen LogP contribution in [-0.4, -0.2) is 45.6 Å². The highest BCUT2D eigenvalue weighted by atomic mass is 19.1. The smallest absolute Gasteiger partial charge is 0.255 e. The average Bonchev–Trinajstić information content (AvgIpc) is 3.33. The highest BCUT2D eigenvalue weighted by molar-refractivity contribution is 6.05. The molecule has 3 amide bonds. The predicted octanol–water partition coefficient (Wildman–Crippen LogP) is 2.66. The summed E-state index contributed by atoms with van der Waals surface area (Å²) in [5, 5.41) is 6.63. The average molecular weight is 448 g/mol. The minimum Gasteiger partial charge on any atom is -0.497 e. The van der Waals surface area contributed by atoms with E-state index in [1.165, 1.54) is 18.1 Å². The van der Waals surface area contributed by atoms with Gasteiger partial charge in [0, 0.05) is 42.8 Å². The van der Waals surface area contributed by atoms with Gasteiger partial charge in [0.2, 0.25) is 11.8 Å². The van der Waals surface area contributed by atoms with Crippen LogP contribution in [0.4, 0.5) is 4.39 Å². The number of aromatic nitrogens is 2. The summed E-state index contributed by atoms with van der Waals surface area (Å²) in [4.78, 5) is 38.2. The molecule has 2 aliphatic heterocycles. The van der Waals surface area contributed by atoms with Gasteiger partial charge >= 0.3 is 0 Å². The quantitative estimate of drug-likeness (QED) is 0.620. The number of aryl methyl sites for hydroxylation is 1. The molecular formula is C24H21FN4O4. The number of ether oxygens (including phenoxy) is 1. The van der Waals surface area contributed by atoms with Crippen molar-refractivity contribution in [3.63, 3.8) is 0 Å². The number of carbonyl (C=O) groups excluding carboxylic acids is 3. The van der Waals surface area contributed by atoms with Crippen molar-refractivity contribution in [3.8, 4) is 28.1 Å². The highest BCUT2D eigenvalue weighted by Crippen LogP contribution is 2.37. The SMILES string of the molecule is COc1ccc(-c2c(-c3ccc4c(c3)CN(C3CCC(=O)NC3=O)C4=O)cnn2C)c(F)c1. The van der Waals surface area contributed by atoms with Crippen molar-refractivity contribution in [3.05, 3.63) is 59.5 Å². The Morgan fingerprint density at radius 3 is 2.61 bits per heavy atom. The maximum atomic E-state index is 14.8. The van der Waals surface area contributed by atoms with Crippen molar-refractivity contribution in [2.75, 3.05) is 7.11 Å². The van der Waals surface area contributed by atoms with E-state index in [2.05, 4.69) is 10.4 Å². The summed E-state index contributed by atoms with van der Waals surface area (Å²) in [7, 11) is 3.22. The number of nitrogens with zero attached hydrogens (tertiary/aromatic N) is 3. The number of benzene rings is 2. The molecule has 2 aliphatic rings. The molecule has 0 bridgehead atoms. The first-order valence-electron chi connectivity index (χ1n) is 10.5. The van der Waals surface area contributed by atoms with Crippen molar-refractivity contribution in [1.82, 2.24) is 20.0 Å². The number of amides is 3. The van der Waals surface area contributed by atoms with E-state index < -0.39 is 17.8 Å². The molecule has 1 saturated heterocycles. The van der Waals surface area contributed by atoms with Crippen LogP contribution in [0.25, 0.3) is 22.4 Å². The number of piperidine rings is 1. The minimum atomic E-state index is -0.673. The van der Waals surface area contributed by atoms with E-state index in [4.69, 9.17) is 4.74 Å². The molecule has 168 valence electrons. The number of methoxy groups -OCH3 is 1. The zero-order chi connectivity index (χ0) is 23.3. The Balaban J connectivity index is 1.50. The van der Waals surface area contributed by atoms with Crippen LogP contribution in [-0.2, 0) is 23.2 Å². The number of carbonyl (C=O) groups is 3. The van der Waals surface area contributed by atoms with E-state index >= 15 is 0 Å². The molecule has 0 spiro atoms. The van der Waals surface area contributed by atoms with Crippen molar-refractivity contribution >= 4 is 17.7 Å². The summed E-state index contributed by atoms with van der Waals surface area (Å²) in [6.07, 6.45) is 2.17. The van der Waals surface area contributed by atoms with Crippen molar-refractivity contribution in [2.24, 2.45) is 7.05 Å². The Kier molecular flexibility index (Phi) is 4.96. The van der Waals surface area contributed by atoms with Gasteiger partial charge in [-0.15, -0.1) is 0 Å². The number of hydrogen-bond donors (Lipinski definition) is 1. The number of imide groups is 1. The maximum absolute atomic E-state index is 14.8. The van der Waals surface area contributed by atoms with Crippen LogP contribution in [0.2, 0.25) is 0 Å². The minimum absolute atomic E-state index is 0.203. The summed E-state index contributed by atoms with van der Waals surface area (Å²) in [6.45, 7) is 0.265. The van der Waals surface area contributed by atoms with E-state index in [9.17, 15) is 18.8 Å². The first-order chi connectivity index (χ1) is 15.9. The normalized spacial score (nSPS) is 17.8. The van der Waals surface area contributed by atoms with Crippen LogP contribution in [0.5, 0.6) is 5.75 Å². The van der Waals surface area contributed by atoms with Crippen LogP contribution in [0, 0.1) is 5.82 Å². The van der Waals surface area contributed by atoms with Crippen LogP contribution in [0.1, 0.15) is 28.8 Å². The Bertz CT molecular complexity index is 1320. The van der Waals surface area contributed by atoms with Crippen molar-refractivity contribution in [2.45, 2.75) is 25.4 Å². The summed E-state index contributed by atoms with van der Waals surface area (Å²) < 4.78 is 21.5. The molecule has 9 heteroatoms. The number of halogens is 1. The summed E-state index contributed by atoms with van der Waals surface area (Å²) in [5.41, 5.74) is 3.77. The van der Waals surface area contributed by atoms with Gasteiger partial charge in [0.25, 0.3) is 5.91 Å². The van der Waals surface area contributed by atoms with Crippen LogP contribution in [0.3, 0.4) is 0 Å². The number of hydrogen-bond acceptors (Lipinski definition) is 5. The molecule has 0 aliphatic carbocycles. The molecule has 8 nitrogen and oxygen atoms in total. The lowest BCUT2D eigenvalue weighted by atomic mass is 9.98. The lowest BCUT2D eigenvalue weighted by molar-refractivity contribution is -0.136. The fourth-order valence-corrected chi connectivity index (χ4v) is 4.53. The Morgan fingerprint density at radius 2 is 1.88 bits per heavy atom. The standard InChI is InChI=1S/C24H21FN4O4/c1-28-22(17-6-4-15(33-2)10-19(17)25)18(11-26-28)13-3-5-16-14(9-13)12-29(24(16)32)20-7-8-21(30)27-23(20)31/h3-6,9-11,20H,7-8,12H2,1-2H3,(H,27,30,31). The zero-order valence-electron chi connectivity index (χ0n) is 18.1. The number of nitrogens with one attached hydrogen (secondary N) is 1. The Labute approximate surface area is 188 Å². The van der Waals surface area contributed by atoms with Crippen LogP contribution >= 0.6 is 0 Å². The topological polar surface area (TPSA) is 93.5 Å². The molecule has 1 N–H and O–H groups in total. The van der Waals surface area contributed by atoms with E-state index in [1.54, 1.807) is 42.2 Å². The number of rotatable bonds is 4. The lowest BCUT2D eigenvalue weighted by Crippen LogP contribution is -2.52. The lowest BCUT2D eigenvalue weighted by Gasteiger charge is -2.29. The van der Waals surface area contributed by atoms with Gasteiger partial charge in [0.15, 0.2) is 0 Å². The third-order valence-electron chi connectivity index (χ3n) is 6.20. The fraction of sp³-hybridized carbons (Fsp3) is 0.250. The molecule has 1 unspecified atom stereocenters. The maximum Gasteiger partial charge on any atom is 0.255 e. The molecule has 0 radical (unpaired) electrons. The Morgan fingerprint density at radius 1 is 1.09 bits per heavy atom. The van der Waals surface area contributed by atoms with Gasteiger partial charge in [-0.1, -0.05) is 6.07 Å². The molecule has 3 aromatic rings. The molecule has 3 heterocycles. The fourth-order valence-electron chi connectivity index (χ4n) is 4.53. The zero-order valence-corrected chi connectivity index (χ0v) is 18.1. The second-order valence-electron chi connectivity index (χ2n) is 8.15. The number of fused-ring (bicyclic) bond motifs is 1. The van der Waals surface area contributed by atoms with Gasteiger partial charge in [-0.2, -0.15) is 5.10 Å². The summed E-state index contributed by atoms with van der Waals surface area (Å²) in [5.74, 6) is -1.02. The van der Waals surface area contributed by atoms with Crippen molar-refractivity contribution in [1.29, 1.82) is 0 Å². The van der Waals surface area contributed by atoms with Gasteiger partial charge in [0.1, 0.15) is 17.6 Å². The molecular weight excluding hydrogens is 427 g/mol. The highest BCUT2D eigenvalue weighted by Gasteiger charge is 2.39. The second-order valence-corrected chi connectivity index (χ2v) is 8.15. The molecule has 1 atom stereocenters. The second kappa shape index (κ2) is 7.84. The Hall–Kier alpha value is -4.01. The van der Waals surface area contributed by atoms with Gasteiger partial charge in [0.05, 0.1) is 19.0 Å². The molecule has 1 aromatic heterocycles. The summed E-state index contributed by atoms with van der Waals surface area (Å²) >= 11 is 0. The van der Waals surface area contributed by atoms with Gasteiger partial charge in [-0.3, -0.25) is 24.4 Å². The first-order valence-corrected chi connectivity index (χ1v) is 10.5. The van der Waals surface area contributed by atoms with Crippen molar-refractivity contribution < 1.29 is 23.5 Å². The van der Waals surface area contributed by atoms with Gasteiger partial charge in [-0.25, -0.2) is 4.39 Å². The van der Waals surface area contributed by atoms with Crippen LogP contribution in [0.15, 0.2) is 42.6 Å². The molecule has 5 rings (SSSR count). The molecule has 1 fully saturated rings. The first kappa shape index (κ1) is 20.9. The van der Waals surface area contributed by atoms with Gasteiger partial charge in [-0.05, 0) is 41.8 Å². The van der Waals surface area contributed by atoms with Crippen LogP contribution < -0.4 is 10.1 Å². The van der Waals surface area contributed by atoms with E-state index in [-0.39, 0.29) is 24.8 Å². The molecule has 2 aromatic carbocycles. The van der Waals surface area contributed by atoms with E-state index in [0.29, 0.717) is 29.0 Å². The molecule has 0 saturated carbocycles. The third-order valence-corrected chi connectivity index (χ3v) is 6.20. The monoisotopic (exact) mass is 448 g/mol. The third kappa shape index (κ3) is 3.45. The predicted molar refractivity (Wildman–Crippen MR) is 117 cm³/mol. The largest absolute Gasteiger partial charge is 0.497 e. The van der Waals surface area contributed by atoms with E-state index in [0.717, 1.165) is 16.7 Å². The van der Waals surface area contributed by atoms with Gasteiger partial charge < -0.3 is 9.64 Å². The molecule has 33 heavy (non-hydrogen) atoms.